The van der Waals surface area contributed by atoms with Crippen LogP contribution in [0.1, 0.15) is 15.9 Å². The minimum absolute atomic E-state index is 0.122. The Hall–Kier alpha value is -3.01. The molecule has 2 aromatic carbocycles. The summed E-state index contributed by atoms with van der Waals surface area (Å²) in [6, 6.07) is 14.9. The van der Waals surface area contributed by atoms with Crippen molar-refractivity contribution in [3.05, 3.63) is 69.8 Å². The van der Waals surface area contributed by atoms with Crippen LogP contribution in [0.4, 0.5) is 11.4 Å². The van der Waals surface area contributed by atoms with Crippen LogP contribution in [0, 0.1) is 10.1 Å². The maximum absolute atomic E-state index is 12.5. The minimum Gasteiger partial charge on any atom is -0.383 e. The van der Waals surface area contributed by atoms with E-state index in [-0.39, 0.29) is 17.2 Å². The highest BCUT2D eigenvalue weighted by Gasteiger charge is 2.19. The molecule has 0 aliphatic carbocycles. The SMILES string of the molecule is COCCNc1ccc(C(=O)NCCN2CCN(Cc3ccccc3)CC2)cc1[N+](=O)[O-]. The van der Waals surface area contributed by atoms with Crippen molar-refractivity contribution in [3.8, 4) is 0 Å². The summed E-state index contributed by atoms with van der Waals surface area (Å²) < 4.78 is 4.95. The maximum atomic E-state index is 12.5. The molecule has 0 atom stereocenters. The lowest BCUT2D eigenvalue weighted by molar-refractivity contribution is -0.384. The molecule has 0 aromatic heterocycles. The number of hydrogen-bond donors (Lipinski definition) is 2. The van der Waals surface area contributed by atoms with Crippen molar-refractivity contribution in [2.45, 2.75) is 6.54 Å². The van der Waals surface area contributed by atoms with Gasteiger partial charge in [0.15, 0.2) is 0 Å². The average molecular weight is 442 g/mol. The van der Waals surface area contributed by atoms with Gasteiger partial charge in [-0.1, -0.05) is 30.3 Å². The van der Waals surface area contributed by atoms with Crippen molar-refractivity contribution < 1.29 is 14.5 Å². The lowest BCUT2D eigenvalue weighted by atomic mass is 10.1. The summed E-state index contributed by atoms with van der Waals surface area (Å²) in [6.45, 7) is 6.98. The fraction of sp³-hybridized carbons (Fsp3) is 0.435. The third-order valence-corrected chi connectivity index (χ3v) is 5.51. The lowest BCUT2D eigenvalue weighted by Crippen LogP contribution is -2.48. The van der Waals surface area contributed by atoms with Crippen molar-refractivity contribution in [1.82, 2.24) is 15.1 Å². The van der Waals surface area contributed by atoms with Gasteiger partial charge in [0.1, 0.15) is 5.69 Å². The van der Waals surface area contributed by atoms with E-state index in [4.69, 9.17) is 4.74 Å². The van der Waals surface area contributed by atoms with Gasteiger partial charge in [0.25, 0.3) is 11.6 Å². The third kappa shape index (κ3) is 7.01. The summed E-state index contributed by atoms with van der Waals surface area (Å²) in [5, 5.41) is 17.2. The number of nitrogens with zero attached hydrogens (tertiary/aromatic N) is 3. The summed E-state index contributed by atoms with van der Waals surface area (Å²) in [4.78, 5) is 28.1. The monoisotopic (exact) mass is 441 g/mol. The van der Waals surface area contributed by atoms with Gasteiger partial charge in [-0.15, -0.1) is 0 Å². The molecule has 0 spiro atoms. The van der Waals surface area contributed by atoms with E-state index in [1.165, 1.54) is 11.6 Å². The molecule has 3 rings (SSSR count). The van der Waals surface area contributed by atoms with Crippen LogP contribution in [0.25, 0.3) is 0 Å². The van der Waals surface area contributed by atoms with E-state index in [9.17, 15) is 14.9 Å². The highest BCUT2D eigenvalue weighted by atomic mass is 16.6. The number of carbonyl (C=O) groups is 1. The minimum atomic E-state index is -0.485. The predicted molar refractivity (Wildman–Crippen MR) is 124 cm³/mol. The van der Waals surface area contributed by atoms with Gasteiger partial charge in [0, 0.05) is 71.1 Å². The molecule has 32 heavy (non-hydrogen) atoms. The van der Waals surface area contributed by atoms with Crippen molar-refractivity contribution >= 4 is 17.3 Å². The number of nitro groups is 1. The molecule has 9 heteroatoms. The van der Waals surface area contributed by atoms with Gasteiger partial charge < -0.3 is 15.4 Å². The van der Waals surface area contributed by atoms with E-state index >= 15 is 0 Å². The number of carbonyl (C=O) groups excluding carboxylic acids is 1. The van der Waals surface area contributed by atoms with Crippen LogP contribution in [-0.2, 0) is 11.3 Å². The number of hydrogen-bond acceptors (Lipinski definition) is 7. The number of methoxy groups -OCH3 is 1. The van der Waals surface area contributed by atoms with Crippen LogP contribution in [0.15, 0.2) is 48.5 Å². The zero-order chi connectivity index (χ0) is 22.8. The van der Waals surface area contributed by atoms with Crippen LogP contribution >= 0.6 is 0 Å². The first-order valence-corrected chi connectivity index (χ1v) is 10.8. The first-order chi connectivity index (χ1) is 15.6. The van der Waals surface area contributed by atoms with Crippen LogP contribution in [-0.4, -0.2) is 80.2 Å². The summed E-state index contributed by atoms with van der Waals surface area (Å²) in [7, 11) is 1.56. The number of anilines is 1. The van der Waals surface area contributed by atoms with Crippen LogP contribution in [0.3, 0.4) is 0 Å². The topological polar surface area (TPSA) is 100.0 Å². The van der Waals surface area contributed by atoms with Gasteiger partial charge in [-0.3, -0.25) is 24.7 Å². The van der Waals surface area contributed by atoms with E-state index in [1.54, 1.807) is 19.2 Å². The molecule has 2 N–H and O–H groups in total. The maximum Gasteiger partial charge on any atom is 0.293 e. The summed E-state index contributed by atoms with van der Waals surface area (Å²) in [6.07, 6.45) is 0. The molecule has 172 valence electrons. The standard InChI is InChI=1S/C23H31N5O4/c1-32-16-10-24-21-8-7-20(17-22(21)28(30)31)23(29)25-9-11-26-12-14-27(15-13-26)18-19-5-3-2-4-6-19/h2-8,17,24H,9-16,18H2,1H3,(H,25,29). The van der Waals surface area contributed by atoms with Gasteiger partial charge >= 0.3 is 0 Å². The number of nitrogens with one attached hydrogen (secondary N) is 2. The molecule has 1 amide bonds. The fourth-order valence-electron chi connectivity index (χ4n) is 3.70. The number of benzene rings is 2. The summed E-state index contributed by atoms with van der Waals surface area (Å²) in [5.41, 5.74) is 1.85. The number of nitro benzene ring substituents is 1. The summed E-state index contributed by atoms with van der Waals surface area (Å²) >= 11 is 0. The van der Waals surface area contributed by atoms with Crippen molar-refractivity contribution in [2.24, 2.45) is 0 Å². The number of piperazine rings is 1. The van der Waals surface area contributed by atoms with Crippen molar-refractivity contribution in [2.75, 3.05) is 64.8 Å². The summed E-state index contributed by atoms with van der Waals surface area (Å²) in [5.74, 6) is -0.306. The third-order valence-electron chi connectivity index (χ3n) is 5.51. The second kappa shape index (κ2) is 12.1. The Morgan fingerprint density at radius 3 is 2.47 bits per heavy atom. The van der Waals surface area contributed by atoms with Crippen LogP contribution in [0.2, 0.25) is 0 Å². The second-order valence-electron chi connectivity index (χ2n) is 7.77. The lowest BCUT2D eigenvalue weighted by Gasteiger charge is -2.34. The quantitative estimate of drug-likeness (QED) is 0.313. The van der Waals surface area contributed by atoms with Crippen molar-refractivity contribution in [1.29, 1.82) is 0 Å². The number of ether oxygens (including phenoxy) is 1. The van der Waals surface area contributed by atoms with Gasteiger partial charge in [0.2, 0.25) is 0 Å². The van der Waals surface area contributed by atoms with Gasteiger partial charge in [-0.05, 0) is 17.7 Å². The molecule has 9 nitrogen and oxygen atoms in total. The Kier molecular flexibility index (Phi) is 8.97. The smallest absolute Gasteiger partial charge is 0.293 e. The van der Waals surface area contributed by atoms with Gasteiger partial charge in [0.05, 0.1) is 11.5 Å². The molecule has 2 aromatic rings. The van der Waals surface area contributed by atoms with E-state index in [0.29, 0.717) is 25.4 Å². The Bertz CT molecular complexity index is 885. The first-order valence-electron chi connectivity index (χ1n) is 10.8. The second-order valence-corrected chi connectivity index (χ2v) is 7.77. The Morgan fingerprint density at radius 2 is 1.78 bits per heavy atom. The van der Waals surface area contributed by atoms with E-state index in [1.807, 2.05) is 6.07 Å². The highest BCUT2D eigenvalue weighted by Crippen LogP contribution is 2.25. The normalized spacial score (nSPS) is 14.8. The average Bonchev–Trinajstić information content (AvgIpc) is 2.81. The van der Waals surface area contributed by atoms with Gasteiger partial charge in [-0.25, -0.2) is 0 Å². The molecule has 0 radical (unpaired) electrons. The predicted octanol–water partition coefficient (Wildman–Crippen LogP) is 2.20. The molecule has 1 saturated heterocycles. The van der Waals surface area contributed by atoms with Crippen LogP contribution in [0.5, 0.6) is 0 Å². The molecular weight excluding hydrogens is 410 g/mol. The highest BCUT2D eigenvalue weighted by molar-refractivity contribution is 5.95. The molecular formula is C23H31N5O4. The number of amides is 1. The molecule has 1 aliphatic rings. The zero-order valence-corrected chi connectivity index (χ0v) is 18.5. The van der Waals surface area contributed by atoms with E-state index < -0.39 is 4.92 Å². The molecule has 0 unspecified atom stereocenters. The Labute approximate surface area is 188 Å². The largest absolute Gasteiger partial charge is 0.383 e. The van der Waals surface area contributed by atoms with E-state index in [0.717, 1.165) is 39.3 Å². The Morgan fingerprint density at radius 1 is 1.06 bits per heavy atom. The fourth-order valence-corrected chi connectivity index (χ4v) is 3.70. The molecule has 1 heterocycles. The Balaban J connectivity index is 1.43. The van der Waals surface area contributed by atoms with Crippen LogP contribution < -0.4 is 10.6 Å². The molecule has 1 aliphatic heterocycles. The number of rotatable bonds is 11. The molecule has 0 bridgehead atoms. The first kappa shape index (κ1) is 23.6. The van der Waals surface area contributed by atoms with E-state index in [2.05, 4.69) is 44.7 Å². The zero-order valence-electron chi connectivity index (χ0n) is 18.5. The van der Waals surface area contributed by atoms with Gasteiger partial charge in [-0.2, -0.15) is 0 Å². The molecule has 1 fully saturated rings. The van der Waals surface area contributed by atoms with Crippen molar-refractivity contribution in [3.63, 3.8) is 0 Å². The molecule has 0 saturated carbocycles.